The molecule has 0 radical (unpaired) electrons. The standard InChI is InChI=1S/C21H23N5O2/c1-12-5-6-15(24-18(27)13-3-2-4-13)9-16(12)26-11-14-10-23-20(22)25-17(14)21(7-8-21)19(26)28/h5-6,9-10,13H,2-4,7-8,11H2,1H3,(H,24,27)(H2,22,23,25). The molecule has 28 heavy (non-hydrogen) atoms. The van der Waals surface area contributed by atoms with Crippen LogP contribution in [0, 0.1) is 12.8 Å². The van der Waals surface area contributed by atoms with E-state index in [1.165, 1.54) is 0 Å². The van der Waals surface area contributed by atoms with E-state index in [1.807, 2.05) is 30.0 Å². The summed E-state index contributed by atoms with van der Waals surface area (Å²) in [6.45, 7) is 2.39. The van der Waals surface area contributed by atoms with Crippen LogP contribution in [0.4, 0.5) is 17.3 Å². The van der Waals surface area contributed by atoms with Gasteiger partial charge in [-0.15, -0.1) is 0 Å². The Hall–Kier alpha value is -2.96. The molecule has 0 atom stereocenters. The minimum Gasteiger partial charge on any atom is -0.368 e. The first-order chi connectivity index (χ1) is 13.5. The van der Waals surface area contributed by atoms with Gasteiger partial charge < -0.3 is 16.0 Å². The third kappa shape index (κ3) is 2.57. The number of aromatic nitrogens is 2. The van der Waals surface area contributed by atoms with Crippen molar-refractivity contribution in [1.82, 2.24) is 9.97 Å². The zero-order valence-corrected chi connectivity index (χ0v) is 15.9. The van der Waals surface area contributed by atoms with Crippen molar-refractivity contribution in [3.05, 3.63) is 41.2 Å². The van der Waals surface area contributed by atoms with Crippen LogP contribution in [-0.2, 0) is 21.5 Å². The third-order valence-corrected chi connectivity index (χ3v) is 6.31. The van der Waals surface area contributed by atoms with Gasteiger partial charge in [-0.05, 0) is 50.3 Å². The van der Waals surface area contributed by atoms with Crippen LogP contribution in [0.25, 0.3) is 0 Å². The number of nitrogens with two attached hydrogens (primary N) is 1. The van der Waals surface area contributed by atoms with Crippen LogP contribution in [0.15, 0.2) is 24.4 Å². The Morgan fingerprint density at radius 3 is 2.79 bits per heavy atom. The molecule has 1 aromatic carbocycles. The van der Waals surface area contributed by atoms with E-state index >= 15 is 0 Å². The van der Waals surface area contributed by atoms with Crippen molar-refractivity contribution in [1.29, 1.82) is 0 Å². The molecule has 7 heteroatoms. The fraction of sp³-hybridized carbons (Fsp3) is 0.429. The average molecular weight is 377 g/mol. The number of carbonyl (C=O) groups is 2. The molecule has 2 fully saturated rings. The zero-order valence-electron chi connectivity index (χ0n) is 15.9. The molecule has 2 amide bonds. The lowest BCUT2D eigenvalue weighted by Crippen LogP contribution is -2.45. The molecule has 1 spiro atoms. The van der Waals surface area contributed by atoms with Crippen molar-refractivity contribution in [2.45, 2.75) is 51.0 Å². The van der Waals surface area contributed by atoms with E-state index < -0.39 is 5.41 Å². The van der Waals surface area contributed by atoms with Crippen LogP contribution < -0.4 is 16.0 Å². The van der Waals surface area contributed by atoms with Crippen molar-refractivity contribution >= 4 is 29.1 Å². The van der Waals surface area contributed by atoms with Gasteiger partial charge in [0, 0.05) is 29.1 Å². The first-order valence-corrected chi connectivity index (χ1v) is 9.83. The van der Waals surface area contributed by atoms with Crippen LogP contribution >= 0.6 is 0 Å². The maximum Gasteiger partial charge on any atom is 0.239 e. The summed E-state index contributed by atoms with van der Waals surface area (Å²) in [5, 5.41) is 3.01. The van der Waals surface area contributed by atoms with Gasteiger partial charge in [-0.1, -0.05) is 12.5 Å². The van der Waals surface area contributed by atoms with Crippen LogP contribution in [0.5, 0.6) is 0 Å². The molecule has 1 aromatic heterocycles. The molecule has 5 rings (SSSR count). The van der Waals surface area contributed by atoms with E-state index in [9.17, 15) is 9.59 Å². The second-order valence-electron chi connectivity index (χ2n) is 8.19. The van der Waals surface area contributed by atoms with Gasteiger partial charge in [-0.25, -0.2) is 9.97 Å². The van der Waals surface area contributed by atoms with Gasteiger partial charge in [0.25, 0.3) is 0 Å². The number of aryl methyl sites for hydroxylation is 1. The number of carbonyl (C=O) groups excluding carboxylic acids is 2. The summed E-state index contributed by atoms with van der Waals surface area (Å²) in [5.74, 6) is 0.455. The fourth-order valence-electron chi connectivity index (χ4n) is 4.22. The molecule has 1 aliphatic heterocycles. The first kappa shape index (κ1) is 17.2. The van der Waals surface area contributed by atoms with Crippen molar-refractivity contribution in [2.24, 2.45) is 5.92 Å². The third-order valence-electron chi connectivity index (χ3n) is 6.31. The van der Waals surface area contributed by atoms with Crippen molar-refractivity contribution in [2.75, 3.05) is 16.0 Å². The molecule has 144 valence electrons. The minimum atomic E-state index is -0.567. The number of nitrogens with zero attached hydrogens (tertiary/aromatic N) is 3. The van der Waals surface area contributed by atoms with Gasteiger partial charge in [0.15, 0.2) is 0 Å². The van der Waals surface area contributed by atoms with Gasteiger partial charge in [0.2, 0.25) is 17.8 Å². The van der Waals surface area contributed by atoms with Crippen LogP contribution in [0.2, 0.25) is 0 Å². The highest BCUT2D eigenvalue weighted by molar-refractivity contribution is 6.05. The fourth-order valence-corrected chi connectivity index (χ4v) is 4.22. The molecule has 2 saturated carbocycles. The normalized spacial score (nSPS) is 19.9. The zero-order chi connectivity index (χ0) is 19.5. The minimum absolute atomic E-state index is 0.0590. The number of anilines is 3. The van der Waals surface area contributed by atoms with Crippen molar-refractivity contribution in [3.63, 3.8) is 0 Å². The summed E-state index contributed by atoms with van der Waals surface area (Å²) in [5.41, 5.74) is 9.47. The van der Waals surface area contributed by atoms with Crippen molar-refractivity contribution in [3.8, 4) is 0 Å². The number of nitrogen functional groups attached to an aromatic ring is 1. The smallest absolute Gasteiger partial charge is 0.239 e. The molecule has 7 nitrogen and oxygen atoms in total. The topological polar surface area (TPSA) is 101 Å². The molecule has 2 aromatic rings. The largest absolute Gasteiger partial charge is 0.368 e. The second-order valence-corrected chi connectivity index (χ2v) is 8.19. The first-order valence-electron chi connectivity index (χ1n) is 9.83. The Labute approximate surface area is 163 Å². The maximum atomic E-state index is 13.4. The monoisotopic (exact) mass is 377 g/mol. The van der Waals surface area contributed by atoms with Crippen LogP contribution in [0.3, 0.4) is 0 Å². The van der Waals surface area contributed by atoms with Crippen molar-refractivity contribution < 1.29 is 9.59 Å². The number of hydrogen-bond donors (Lipinski definition) is 2. The molecule has 0 unspecified atom stereocenters. The summed E-state index contributed by atoms with van der Waals surface area (Å²) in [7, 11) is 0. The van der Waals surface area contributed by atoms with Crippen LogP contribution in [0.1, 0.15) is 48.9 Å². The molecule has 3 aliphatic rings. The van der Waals surface area contributed by atoms with Gasteiger partial charge >= 0.3 is 0 Å². The number of nitrogens with one attached hydrogen (secondary N) is 1. The second kappa shape index (κ2) is 6.02. The van der Waals surface area contributed by atoms with Gasteiger partial charge in [-0.3, -0.25) is 9.59 Å². The van der Waals surface area contributed by atoms with E-state index in [-0.39, 0.29) is 23.7 Å². The highest BCUT2D eigenvalue weighted by Crippen LogP contribution is 2.53. The highest BCUT2D eigenvalue weighted by atomic mass is 16.2. The Balaban J connectivity index is 1.49. The van der Waals surface area contributed by atoms with Gasteiger partial charge in [0.1, 0.15) is 0 Å². The van der Waals surface area contributed by atoms with E-state index in [2.05, 4.69) is 15.3 Å². The Morgan fingerprint density at radius 1 is 1.32 bits per heavy atom. The van der Waals surface area contributed by atoms with E-state index in [1.54, 1.807) is 6.20 Å². The summed E-state index contributed by atoms with van der Waals surface area (Å²) < 4.78 is 0. The highest BCUT2D eigenvalue weighted by Gasteiger charge is 2.58. The molecule has 0 bridgehead atoms. The van der Waals surface area contributed by atoms with Gasteiger partial charge in [0.05, 0.1) is 17.7 Å². The predicted octanol–water partition coefficient (Wildman–Crippen LogP) is 2.68. The lowest BCUT2D eigenvalue weighted by Gasteiger charge is -2.34. The average Bonchev–Trinajstić information content (AvgIpc) is 3.41. The summed E-state index contributed by atoms with van der Waals surface area (Å²) >= 11 is 0. The number of benzene rings is 1. The molecule has 3 N–H and O–H groups in total. The molecule has 0 saturated heterocycles. The molecular formula is C21H23N5O2. The lowest BCUT2D eigenvalue weighted by molar-refractivity contribution is -0.122. The lowest BCUT2D eigenvalue weighted by atomic mass is 9.85. The Bertz CT molecular complexity index is 994. The molecule has 2 aliphatic carbocycles. The quantitative estimate of drug-likeness (QED) is 0.856. The van der Waals surface area contributed by atoms with Gasteiger partial charge in [-0.2, -0.15) is 0 Å². The SMILES string of the molecule is Cc1ccc(NC(=O)C2CCC2)cc1N1Cc2cnc(N)nc2C2(CC2)C1=O. The van der Waals surface area contributed by atoms with E-state index in [0.717, 1.165) is 60.3 Å². The summed E-state index contributed by atoms with van der Waals surface area (Å²) in [6, 6.07) is 5.76. The molecule has 2 heterocycles. The van der Waals surface area contributed by atoms with E-state index in [4.69, 9.17) is 5.73 Å². The maximum absolute atomic E-state index is 13.4. The summed E-state index contributed by atoms with van der Waals surface area (Å²) in [4.78, 5) is 36.0. The number of hydrogen-bond acceptors (Lipinski definition) is 5. The summed E-state index contributed by atoms with van der Waals surface area (Å²) in [6.07, 6.45) is 6.32. The number of rotatable bonds is 3. The Morgan fingerprint density at radius 2 is 2.11 bits per heavy atom. The molecular weight excluding hydrogens is 354 g/mol. The number of amides is 2. The number of fused-ring (bicyclic) bond motifs is 2. The predicted molar refractivity (Wildman–Crippen MR) is 106 cm³/mol. The van der Waals surface area contributed by atoms with Crippen LogP contribution in [-0.4, -0.2) is 21.8 Å². The Kier molecular flexibility index (Phi) is 3.69. The van der Waals surface area contributed by atoms with E-state index in [0.29, 0.717) is 6.54 Å².